The highest BCUT2D eigenvalue weighted by atomic mass is 16.6. The molecule has 0 unspecified atom stereocenters. The highest BCUT2D eigenvalue weighted by Gasteiger charge is 2.49. The normalized spacial score (nSPS) is 27.5. The molecule has 0 radical (unpaired) electrons. The number of Topliss-reactive ketones (excluding diaryl/α,β-unsaturated/α-hetero) is 1. The minimum absolute atomic E-state index is 0.00453. The van der Waals surface area contributed by atoms with Gasteiger partial charge in [0.2, 0.25) is 5.91 Å². The van der Waals surface area contributed by atoms with Crippen LogP contribution in [0.4, 0.5) is 11.4 Å². The Hall–Kier alpha value is -2.70. The number of carbonyl (C=O) groups is 2. The Morgan fingerprint density at radius 1 is 0.900 bits per heavy atom. The summed E-state index contributed by atoms with van der Waals surface area (Å²) in [7, 11) is 0. The minimum atomic E-state index is -0.164. The van der Waals surface area contributed by atoms with E-state index in [1.807, 2.05) is 54.6 Å². The number of amides is 1. The lowest BCUT2D eigenvalue weighted by atomic mass is 9.92. The molecule has 0 bridgehead atoms. The molecule has 6 nitrogen and oxygen atoms in total. The third kappa shape index (κ3) is 3.98. The lowest BCUT2D eigenvalue weighted by Crippen LogP contribution is -2.44. The third-order valence-electron chi connectivity index (χ3n) is 6.16. The van der Waals surface area contributed by atoms with Crippen molar-refractivity contribution >= 4 is 23.1 Å². The highest BCUT2D eigenvalue weighted by molar-refractivity contribution is 6.02. The Morgan fingerprint density at radius 2 is 1.63 bits per heavy atom. The van der Waals surface area contributed by atoms with Gasteiger partial charge in [0.1, 0.15) is 6.10 Å². The smallest absolute Gasteiger partial charge is 0.223 e. The molecule has 2 saturated heterocycles. The molecule has 3 fully saturated rings. The third-order valence-corrected chi connectivity index (χ3v) is 6.16. The number of ether oxygens (including phenoxy) is 2. The molecule has 0 aromatic heterocycles. The summed E-state index contributed by atoms with van der Waals surface area (Å²) in [5, 5.41) is 6.41. The van der Waals surface area contributed by atoms with E-state index in [0.29, 0.717) is 25.2 Å². The van der Waals surface area contributed by atoms with Crippen LogP contribution >= 0.6 is 0 Å². The first kappa shape index (κ1) is 19.3. The van der Waals surface area contributed by atoms with Gasteiger partial charge in [0.25, 0.3) is 0 Å². The predicted molar refractivity (Wildman–Crippen MR) is 113 cm³/mol. The van der Waals surface area contributed by atoms with Crippen molar-refractivity contribution in [2.24, 2.45) is 11.8 Å². The molecular formula is C24H26N2O4. The molecule has 2 N–H and O–H groups in total. The molecule has 30 heavy (non-hydrogen) atoms. The van der Waals surface area contributed by atoms with E-state index in [1.165, 1.54) is 0 Å². The quantitative estimate of drug-likeness (QED) is 0.690. The number of benzene rings is 2. The first-order chi connectivity index (χ1) is 14.7. The molecule has 5 rings (SSSR count). The van der Waals surface area contributed by atoms with Gasteiger partial charge in [-0.15, -0.1) is 0 Å². The molecule has 4 atom stereocenters. The number of hydrogen-bond donors (Lipinski definition) is 2. The molecule has 0 spiro atoms. The van der Waals surface area contributed by atoms with Crippen molar-refractivity contribution in [2.75, 3.05) is 18.5 Å². The average Bonchev–Trinajstić information content (AvgIpc) is 3.44. The zero-order valence-corrected chi connectivity index (χ0v) is 16.8. The van der Waals surface area contributed by atoms with E-state index in [-0.39, 0.29) is 41.8 Å². The molecule has 1 aliphatic carbocycles. The summed E-state index contributed by atoms with van der Waals surface area (Å²) >= 11 is 0. The van der Waals surface area contributed by atoms with Crippen molar-refractivity contribution in [1.82, 2.24) is 5.32 Å². The van der Waals surface area contributed by atoms with Crippen LogP contribution in [-0.2, 0) is 14.3 Å². The second kappa shape index (κ2) is 8.20. The Bertz CT molecular complexity index is 928. The maximum Gasteiger partial charge on any atom is 0.223 e. The van der Waals surface area contributed by atoms with Gasteiger partial charge >= 0.3 is 0 Å². The van der Waals surface area contributed by atoms with Crippen LogP contribution < -0.4 is 10.6 Å². The van der Waals surface area contributed by atoms with Crippen molar-refractivity contribution in [1.29, 1.82) is 0 Å². The van der Waals surface area contributed by atoms with Gasteiger partial charge in [-0.3, -0.25) is 9.59 Å². The SMILES string of the molecule is O=C(C[C@H]1CO[C@H]2[C@@H]1OC[C@@H]2NC(=O)C1CC1)c1ccccc1Nc1ccccc1. The number of ketones is 1. The molecule has 2 aromatic rings. The minimum Gasteiger partial charge on any atom is -0.373 e. The summed E-state index contributed by atoms with van der Waals surface area (Å²) < 4.78 is 11.9. The molecule has 6 heteroatoms. The standard InChI is InChI=1S/C24H26N2O4/c27-21(18-8-4-5-9-19(18)25-17-6-2-1-3-7-17)12-16-13-29-23-20(14-30-22(16)23)26-24(28)15-10-11-15/h1-9,15-16,20,22-23,25H,10-14H2,(H,26,28)/t16-,20-,22+,23+/m0/s1. The summed E-state index contributed by atoms with van der Waals surface area (Å²) in [6, 6.07) is 17.3. The van der Waals surface area contributed by atoms with Crippen molar-refractivity contribution in [3.05, 3.63) is 60.2 Å². The average molecular weight is 406 g/mol. The number of para-hydroxylation sites is 2. The summed E-state index contributed by atoms with van der Waals surface area (Å²) in [4.78, 5) is 25.2. The zero-order chi connectivity index (χ0) is 20.5. The Balaban J connectivity index is 1.24. The monoisotopic (exact) mass is 406 g/mol. The van der Waals surface area contributed by atoms with E-state index < -0.39 is 0 Å². The van der Waals surface area contributed by atoms with Crippen molar-refractivity contribution < 1.29 is 19.1 Å². The van der Waals surface area contributed by atoms with Gasteiger partial charge in [-0.05, 0) is 37.1 Å². The van der Waals surface area contributed by atoms with Crippen LogP contribution in [0.2, 0.25) is 0 Å². The maximum atomic E-state index is 13.1. The fraction of sp³-hybridized carbons (Fsp3) is 0.417. The van der Waals surface area contributed by atoms with E-state index >= 15 is 0 Å². The van der Waals surface area contributed by atoms with E-state index in [9.17, 15) is 9.59 Å². The van der Waals surface area contributed by atoms with Gasteiger partial charge < -0.3 is 20.1 Å². The van der Waals surface area contributed by atoms with E-state index in [1.54, 1.807) is 0 Å². The van der Waals surface area contributed by atoms with Crippen LogP contribution in [0.3, 0.4) is 0 Å². The predicted octanol–water partition coefficient (Wildman–Crippen LogP) is 3.31. The molecule has 1 amide bonds. The van der Waals surface area contributed by atoms with Crippen LogP contribution in [0.25, 0.3) is 0 Å². The molecule has 2 heterocycles. The summed E-state index contributed by atoms with van der Waals surface area (Å²) in [5.41, 5.74) is 2.41. The van der Waals surface area contributed by atoms with Crippen LogP contribution in [0.5, 0.6) is 0 Å². The summed E-state index contributed by atoms with van der Waals surface area (Å²) in [6.07, 6.45) is 2.00. The van der Waals surface area contributed by atoms with Crippen LogP contribution in [-0.4, -0.2) is 43.2 Å². The highest BCUT2D eigenvalue weighted by Crippen LogP contribution is 2.36. The Kier molecular flexibility index (Phi) is 5.27. The number of anilines is 2. The van der Waals surface area contributed by atoms with Crippen LogP contribution in [0, 0.1) is 11.8 Å². The van der Waals surface area contributed by atoms with Crippen LogP contribution in [0.15, 0.2) is 54.6 Å². The lowest BCUT2D eigenvalue weighted by molar-refractivity contribution is -0.123. The van der Waals surface area contributed by atoms with Gasteiger partial charge in [0.15, 0.2) is 5.78 Å². The van der Waals surface area contributed by atoms with Gasteiger partial charge in [-0.1, -0.05) is 30.3 Å². The van der Waals surface area contributed by atoms with E-state index in [2.05, 4.69) is 10.6 Å². The molecule has 2 aliphatic heterocycles. The molecule has 3 aliphatic rings. The van der Waals surface area contributed by atoms with Crippen molar-refractivity contribution in [2.45, 2.75) is 37.5 Å². The number of rotatable bonds is 7. The molecule has 2 aromatic carbocycles. The molecule has 156 valence electrons. The maximum absolute atomic E-state index is 13.1. The number of nitrogens with one attached hydrogen (secondary N) is 2. The fourth-order valence-corrected chi connectivity index (χ4v) is 4.38. The van der Waals surface area contributed by atoms with Gasteiger partial charge in [0, 0.05) is 35.2 Å². The second-order valence-corrected chi connectivity index (χ2v) is 8.41. The topological polar surface area (TPSA) is 76.7 Å². The van der Waals surface area contributed by atoms with E-state index in [4.69, 9.17) is 9.47 Å². The first-order valence-electron chi connectivity index (χ1n) is 10.7. The molecule has 1 saturated carbocycles. The first-order valence-corrected chi connectivity index (χ1v) is 10.7. The number of carbonyl (C=O) groups excluding carboxylic acids is 2. The van der Waals surface area contributed by atoms with Crippen molar-refractivity contribution in [3.8, 4) is 0 Å². The molecular weight excluding hydrogens is 380 g/mol. The lowest BCUT2D eigenvalue weighted by Gasteiger charge is -2.18. The second-order valence-electron chi connectivity index (χ2n) is 8.41. The van der Waals surface area contributed by atoms with Gasteiger partial charge in [-0.2, -0.15) is 0 Å². The Morgan fingerprint density at radius 3 is 2.43 bits per heavy atom. The summed E-state index contributed by atoms with van der Waals surface area (Å²) in [6.45, 7) is 0.926. The van der Waals surface area contributed by atoms with Gasteiger partial charge in [-0.25, -0.2) is 0 Å². The van der Waals surface area contributed by atoms with Crippen LogP contribution in [0.1, 0.15) is 29.6 Å². The Labute approximate surface area is 176 Å². The van der Waals surface area contributed by atoms with Crippen molar-refractivity contribution in [3.63, 3.8) is 0 Å². The summed E-state index contributed by atoms with van der Waals surface area (Å²) in [5.74, 6) is 0.331. The number of hydrogen-bond acceptors (Lipinski definition) is 5. The van der Waals surface area contributed by atoms with E-state index in [0.717, 1.165) is 24.2 Å². The largest absolute Gasteiger partial charge is 0.373 e. The number of fused-ring (bicyclic) bond motifs is 1. The zero-order valence-electron chi connectivity index (χ0n) is 16.8. The van der Waals surface area contributed by atoms with Gasteiger partial charge in [0.05, 0.1) is 25.4 Å². The fourth-order valence-electron chi connectivity index (χ4n) is 4.38.